The van der Waals surface area contributed by atoms with Gasteiger partial charge in [-0.2, -0.15) is 0 Å². The summed E-state index contributed by atoms with van der Waals surface area (Å²) in [6.45, 7) is 5.11. The lowest BCUT2D eigenvalue weighted by atomic mass is 10.3. The highest BCUT2D eigenvalue weighted by Gasteiger charge is 2.11. The maximum absolute atomic E-state index is 5.33. The van der Waals surface area contributed by atoms with Gasteiger partial charge in [-0.3, -0.25) is 0 Å². The molecule has 0 radical (unpaired) electrons. The van der Waals surface area contributed by atoms with Gasteiger partial charge in [0.25, 0.3) is 0 Å². The lowest BCUT2D eigenvalue weighted by Crippen LogP contribution is -2.08. The van der Waals surface area contributed by atoms with Crippen molar-refractivity contribution in [3.05, 3.63) is 23.8 Å². The molecule has 7 heteroatoms. The minimum atomic E-state index is 0.510. The molecule has 0 bridgehead atoms. The second-order valence-corrected chi connectivity index (χ2v) is 3.92. The van der Waals surface area contributed by atoms with E-state index in [1.165, 1.54) is 6.33 Å². The summed E-state index contributed by atoms with van der Waals surface area (Å²) in [6, 6.07) is 1.87. The zero-order chi connectivity index (χ0) is 13.7. The van der Waals surface area contributed by atoms with Gasteiger partial charge in [0.15, 0.2) is 11.6 Å². The minimum Gasteiger partial charge on any atom is -0.490 e. The highest BCUT2D eigenvalue weighted by molar-refractivity contribution is 5.63. The van der Waals surface area contributed by atoms with E-state index in [1.807, 2.05) is 19.9 Å². The van der Waals surface area contributed by atoms with E-state index in [0.717, 1.165) is 18.0 Å². The zero-order valence-electron chi connectivity index (χ0n) is 11.2. The fraction of sp³-hybridized carbons (Fsp3) is 0.417. The highest BCUT2D eigenvalue weighted by atomic mass is 16.5. The molecule has 7 nitrogen and oxygen atoms in total. The summed E-state index contributed by atoms with van der Waals surface area (Å²) in [4.78, 5) is 8.31. The van der Waals surface area contributed by atoms with Crippen LogP contribution in [-0.4, -0.2) is 28.8 Å². The summed E-state index contributed by atoms with van der Waals surface area (Å²) in [5.41, 5.74) is 0.808. The second-order valence-electron chi connectivity index (χ2n) is 3.92. The topological polar surface area (TPSA) is 85.1 Å². The van der Waals surface area contributed by atoms with Crippen LogP contribution >= 0.6 is 0 Å². The van der Waals surface area contributed by atoms with Crippen molar-refractivity contribution < 1.29 is 9.26 Å². The Kier molecular flexibility index (Phi) is 4.17. The molecule has 0 atom stereocenters. The third-order valence-corrected chi connectivity index (χ3v) is 2.47. The Balaban J connectivity index is 2.13. The number of aromatic nitrogens is 3. The molecule has 2 rings (SSSR count). The van der Waals surface area contributed by atoms with E-state index >= 15 is 0 Å². The van der Waals surface area contributed by atoms with Gasteiger partial charge in [-0.1, -0.05) is 5.16 Å². The van der Waals surface area contributed by atoms with Crippen LogP contribution in [0.4, 0.5) is 11.6 Å². The third kappa shape index (κ3) is 3.12. The van der Waals surface area contributed by atoms with Crippen molar-refractivity contribution in [3.63, 3.8) is 0 Å². The number of hydrogen-bond donors (Lipinski definition) is 2. The molecule has 2 aromatic heterocycles. The molecule has 0 aromatic carbocycles. The van der Waals surface area contributed by atoms with Crippen LogP contribution in [0, 0.1) is 6.92 Å². The van der Waals surface area contributed by atoms with Gasteiger partial charge < -0.3 is 19.9 Å². The molecule has 0 aliphatic heterocycles. The molecule has 0 fully saturated rings. The maximum Gasteiger partial charge on any atom is 0.204 e. The number of nitrogens with one attached hydrogen (secondary N) is 2. The summed E-state index contributed by atoms with van der Waals surface area (Å²) in [5.74, 6) is 2.65. The first-order valence-corrected chi connectivity index (χ1v) is 6.03. The van der Waals surface area contributed by atoms with E-state index in [4.69, 9.17) is 9.26 Å². The largest absolute Gasteiger partial charge is 0.490 e. The van der Waals surface area contributed by atoms with E-state index in [2.05, 4.69) is 25.8 Å². The van der Waals surface area contributed by atoms with Crippen molar-refractivity contribution in [2.45, 2.75) is 20.4 Å². The average molecular weight is 263 g/mol. The zero-order valence-corrected chi connectivity index (χ0v) is 11.2. The standard InChI is InChI=1S/C12H17N5O2/c1-4-13-11-10(18-3)12(16-7-15-11)14-6-9-5-8(2)19-17-9/h5,7H,4,6H2,1-3H3,(H2,13,14,15,16). The van der Waals surface area contributed by atoms with Crippen LogP contribution in [0.2, 0.25) is 0 Å². The minimum absolute atomic E-state index is 0.510. The number of ether oxygens (including phenoxy) is 1. The Morgan fingerprint density at radius 1 is 1.26 bits per heavy atom. The fourth-order valence-corrected chi connectivity index (χ4v) is 1.66. The van der Waals surface area contributed by atoms with E-state index in [9.17, 15) is 0 Å². The van der Waals surface area contributed by atoms with E-state index in [1.54, 1.807) is 7.11 Å². The molecular formula is C12H17N5O2. The molecule has 0 unspecified atom stereocenters. The first-order chi connectivity index (χ1) is 9.24. The van der Waals surface area contributed by atoms with Crippen LogP contribution in [0.5, 0.6) is 5.75 Å². The van der Waals surface area contributed by atoms with Crippen molar-refractivity contribution in [3.8, 4) is 5.75 Å². The Hall–Kier alpha value is -2.31. The van der Waals surface area contributed by atoms with Gasteiger partial charge in [0.1, 0.15) is 17.8 Å². The Morgan fingerprint density at radius 3 is 2.58 bits per heavy atom. The molecule has 0 aliphatic carbocycles. The molecule has 0 saturated heterocycles. The summed E-state index contributed by atoms with van der Waals surface area (Å²) < 4.78 is 10.3. The van der Waals surface area contributed by atoms with Gasteiger partial charge in [0.2, 0.25) is 5.75 Å². The number of anilines is 2. The molecule has 2 heterocycles. The van der Waals surface area contributed by atoms with Crippen LogP contribution in [-0.2, 0) is 6.54 Å². The molecule has 2 aromatic rings. The van der Waals surface area contributed by atoms with Crippen molar-refractivity contribution in [1.29, 1.82) is 0 Å². The number of nitrogens with zero attached hydrogens (tertiary/aromatic N) is 3. The van der Waals surface area contributed by atoms with Crippen LogP contribution in [0.25, 0.3) is 0 Å². The lowest BCUT2D eigenvalue weighted by molar-refractivity contribution is 0.391. The first kappa shape index (κ1) is 13.1. The van der Waals surface area contributed by atoms with Gasteiger partial charge in [-0.05, 0) is 13.8 Å². The van der Waals surface area contributed by atoms with E-state index < -0.39 is 0 Å². The lowest BCUT2D eigenvalue weighted by Gasteiger charge is -2.12. The Bertz CT molecular complexity index is 541. The van der Waals surface area contributed by atoms with Crippen LogP contribution < -0.4 is 15.4 Å². The smallest absolute Gasteiger partial charge is 0.204 e. The second kappa shape index (κ2) is 6.03. The summed E-state index contributed by atoms with van der Waals surface area (Å²) in [5, 5.41) is 10.2. The van der Waals surface area contributed by atoms with Gasteiger partial charge in [0, 0.05) is 12.6 Å². The van der Waals surface area contributed by atoms with E-state index in [0.29, 0.717) is 23.9 Å². The Labute approximate surface area is 111 Å². The maximum atomic E-state index is 5.33. The predicted molar refractivity (Wildman–Crippen MR) is 71.3 cm³/mol. The van der Waals surface area contributed by atoms with Gasteiger partial charge in [-0.15, -0.1) is 0 Å². The monoisotopic (exact) mass is 263 g/mol. The highest BCUT2D eigenvalue weighted by Crippen LogP contribution is 2.28. The molecule has 0 saturated carbocycles. The van der Waals surface area contributed by atoms with Crippen molar-refractivity contribution in [1.82, 2.24) is 15.1 Å². The first-order valence-electron chi connectivity index (χ1n) is 6.03. The van der Waals surface area contributed by atoms with E-state index in [-0.39, 0.29) is 0 Å². The molecule has 0 spiro atoms. The van der Waals surface area contributed by atoms with Crippen LogP contribution in [0.1, 0.15) is 18.4 Å². The molecule has 0 amide bonds. The van der Waals surface area contributed by atoms with Crippen molar-refractivity contribution in [2.75, 3.05) is 24.3 Å². The van der Waals surface area contributed by atoms with Gasteiger partial charge in [-0.25, -0.2) is 9.97 Å². The normalized spacial score (nSPS) is 10.3. The van der Waals surface area contributed by atoms with Crippen molar-refractivity contribution >= 4 is 11.6 Å². The Morgan fingerprint density at radius 2 is 2.00 bits per heavy atom. The quantitative estimate of drug-likeness (QED) is 0.822. The molecular weight excluding hydrogens is 246 g/mol. The summed E-state index contributed by atoms with van der Waals surface area (Å²) >= 11 is 0. The number of aryl methyl sites for hydroxylation is 1. The third-order valence-electron chi connectivity index (χ3n) is 2.47. The molecule has 0 aliphatic rings. The van der Waals surface area contributed by atoms with Crippen molar-refractivity contribution in [2.24, 2.45) is 0 Å². The number of hydrogen-bond acceptors (Lipinski definition) is 7. The molecule has 19 heavy (non-hydrogen) atoms. The number of rotatable bonds is 6. The van der Waals surface area contributed by atoms with Crippen LogP contribution in [0.15, 0.2) is 16.9 Å². The number of methoxy groups -OCH3 is 1. The fourth-order valence-electron chi connectivity index (χ4n) is 1.66. The molecule has 2 N–H and O–H groups in total. The van der Waals surface area contributed by atoms with Gasteiger partial charge >= 0.3 is 0 Å². The molecule has 102 valence electrons. The average Bonchev–Trinajstić information content (AvgIpc) is 2.83. The SMILES string of the molecule is CCNc1ncnc(NCc2cc(C)on2)c1OC. The summed E-state index contributed by atoms with van der Waals surface area (Å²) in [7, 11) is 1.59. The van der Waals surface area contributed by atoms with Crippen LogP contribution in [0.3, 0.4) is 0 Å². The predicted octanol–water partition coefficient (Wildman–Crippen LogP) is 1.83. The summed E-state index contributed by atoms with van der Waals surface area (Å²) in [6.07, 6.45) is 1.48. The van der Waals surface area contributed by atoms with Gasteiger partial charge in [0.05, 0.1) is 13.7 Å².